The van der Waals surface area contributed by atoms with E-state index in [-0.39, 0.29) is 11.8 Å². The fourth-order valence-corrected chi connectivity index (χ4v) is 2.65. The Hall–Kier alpha value is -1.33. The van der Waals surface area contributed by atoms with Gasteiger partial charge >= 0.3 is 13.0 Å². The van der Waals surface area contributed by atoms with Crippen LogP contribution < -0.4 is 0 Å². The number of nitrogens with zero attached hydrogens (tertiary/aromatic N) is 1. The molecule has 5 heteroatoms. The van der Waals surface area contributed by atoms with E-state index in [1.807, 2.05) is 35.1 Å². The van der Waals surface area contributed by atoms with Crippen LogP contribution in [0.2, 0.25) is 6.82 Å². The average Bonchev–Trinajstić information content (AvgIpc) is 2.39. The summed E-state index contributed by atoms with van der Waals surface area (Å²) in [6.07, 6.45) is 0.583. The first-order valence-electron chi connectivity index (χ1n) is 6.29. The maximum atomic E-state index is 11.3. The van der Waals surface area contributed by atoms with E-state index in [4.69, 9.17) is 0 Å². The SMILES string of the molecule is CB(O)N1CC[C@H](C(=O)O)C(c2ccccc2)C1. The number of hydrogen-bond acceptors (Lipinski definition) is 3. The van der Waals surface area contributed by atoms with Crippen molar-refractivity contribution in [3.8, 4) is 0 Å². The van der Waals surface area contributed by atoms with Gasteiger partial charge in [0.25, 0.3) is 0 Å². The second-order valence-electron chi connectivity index (χ2n) is 4.88. The maximum Gasteiger partial charge on any atom is 0.376 e. The van der Waals surface area contributed by atoms with E-state index in [0.29, 0.717) is 19.5 Å². The fourth-order valence-electron chi connectivity index (χ4n) is 2.65. The second-order valence-corrected chi connectivity index (χ2v) is 4.88. The zero-order valence-corrected chi connectivity index (χ0v) is 10.5. The number of carboxylic acid groups (broad SMARTS) is 1. The number of benzene rings is 1. The molecule has 4 nitrogen and oxygen atoms in total. The van der Waals surface area contributed by atoms with Gasteiger partial charge in [0, 0.05) is 5.92 Å². The van der Waals surface area contributed by atoms with Gasteiger partial charge < -0.3 is 14.9 Å². The summed E-state index contributed by atoms with van der Waals surface area (Å²) in [6.45, 7) is 2.96. The quantitative estimate of drug-likeness (QED) is 0.790. The highest BCUT2D eigenvalue weighted by atomic mass is 16.4. The van der Waals surface area contributed by atoms with E-state index < -0.39 is 13.0 Å². The standard InChI is InChI=1S/C13H18BNO3/c1-14(18)15-8-7-11(13(16)17)12(9-15)10-5-3-2-4-6-10/h2-6,11-12,18H,7-9H2,1H3,(H,16,17)/t11-,12?/m0/s1. The lowest BCUT2D eigenvalue weighted by Gasteiger charge is -2.37. The van der Waals surface area contributed by atoms with E-state index in [9.17, 15) is 14.9 Å². The summed E-state index contributed by atoms with van der Waals surface area (Å²) >= 11 is 0. The third kappa shape index (κ3) is 2.74. The Morgan fingerprint density at radius 3 is 2.61 bits per heavy atom. The fraction of sp³-hybridized carbons (Fsp3) is 0.462. The Morgan fingerprint density at radius 2 is 2.06 bits per heavy atom. The van der Waals surface area contributed by atoms with Gasteiger partial charge in [-0.15, -0.1) is 0 Å². The Balaban J connectivity index is 2.23. The van der Waals surface area contributed by atoms with Gasteiger partial charge in [-0.05, 0) is 31.9 Å². The Labute approximate surface area is 107 Å². The normalized spacial score (nSPS) is 24.8. The number of aliphatic carboxylic acids is 1. The number of carbonyl (C=O) groups is 1. The summed E-state index contributed by atoms with van der Waals surface area (Å²) in [5, 5.41) is 19.0. The molecular formula is C13H18BNO3. The van der Waals surface area contributed by atoms with Crippen LogP contribution in [0.4, 0.5) is 0 Å². The van der Waals surface area contributed by atoms with Crippen molar-refractivity contribution in [2.45, 2.75) is 19.2 Å². The van der Waals surface area contributed by atoms with Crippen molar-refractivity contribution in [1.82, 2.24) is 4.81 Å². The molecule has 1 aliphatic rings. The van der Waals surface area contributed by atoms with Crippen LogP contribution in [0.25, 0.3) is 0 Å². The molecule has 1 fully saturated rings. The highest BCUT2D eigenvalue weighted by Crippen LogP contribution is 2.32. The second kappa shape index (κ2) is 5.54. The maximum absolute atomic E-state index is 11.3. The van der Waals surface area contributed by atoms with E-state index >= 15 is 0 Å². The van der Waals surface area contributed by atoms with Gasteiger partial charge in [0.15, 0.2) is 0 Å². The highest BCUT2D eigenvalue weighted by Gasteiger charge is 2.36. The topological polar surface area (TPSA) is 60.8 Å². The van der Waals surface area contributed by atoms with Crippen LogP contribution in [0.3, 0.4) is 0 Å². The Bertz CT molecular complexity index is 410. The lowest BCUT2D eigenvalue weighted by molar-refractivity contribution is -0.143. The van der Waals surface area contributed by atoms with Crippen LogP contribution in [0.5, 0.6) is 0 Å². The third-order valence-electron chi connectivity index (χ3n) is 3.72. The molecule has 96 valence electrons. The van der Waals surface area contributed by atoms with Crippen LogP contribution >= 0.6 is 0 Å². The summed E-state index contributed by atoms with van der Waals surface area (Å²) in [6, 6.07) is 9.71. The molecule has 1 saturated heterocycles. The summed E-state index contributed by atoms with van der Waals surface area (Å²) in [4.78, 5) is 13.3. The molecule has 0 radical (unpaired) electrons. The number of piperidine rings is 1. The number of rotatable bonds is 3. The monoisotopic (exact) mass is 247 g/mol. The lowest BCUT2D eigenvalue weighted by atomic mass is 9.74. The first kappa shape index (κ1) is 13.1. The van der Waals surface area contributed by atoms with Crippen molar-refractivity contribution in [3.05, 3.63) is 35.9 Å². The minimum Gasteiger partial charge on any atom is -0.481 e. The van der Waals surface area contributed by atoms with Gasteiger partial charge in [0.1, 0.15) is 0 Å². The van der Waals surface area contributed by atoms with Crippen molar-refractivity contribution >= 4 is 13.0 Å². The largest absolute Gasteiger partial charge is 0.481 e. The minimum atomic E-state index is -0.742. The molecule has 0 bridgehead atoms. The molecule has 1 aliphatic heterocycles. The van der Waals surface area contributed by atoms with Gasteiger partial charge in [0.2, 0.25) is 0 Å². The van der Waals surface area contributed by atoms with Gasteiger partial charge in [0.05, 0.1) is 5.92 Å². The van der Waals surface area contributed by atoms with E-state index in [0.717, 1.165) is 5.56 Å². The molecule has 0 aromatic heterocycles. The summed E-state index contributed by atoms with van der Waals surface area (Å²) < 4.78 is 0. The summed E-state index contributed by atoms with van der Waals surface area (Å²) in [5.74, 6) is -1.15. The average molecular weight is 247 g/mol. The summed E-state index contributed by atoms with van der Waals surface area (Å²) in [5.41, 5.74) is 1.04. The van der Waals surface area contributed by atoms with Crippen LogP contribution in [0, 0.1) is 5.92 Å². The number of carboxylic acids is 1. The van der Waals surface area contributed by atoms with Crippen molar-refractivity contribution in [3.63, 3.8) is 0 Å². The molecule has 2 atom stereocenters. The van der Waals surface area contributed by atoms with Crippen LogP contribution in [-0.4, -0.2) is 41.1 Å². The van der Waals surface area contributed by atoms with E-state index in [1.54, 1.807) is 6.82 Å². The first-order chi connectivity index (χ1) is 8.59. The Morgan fingerprint density at radius 1 is 1.39 bits per heavy atom. The molecule has 1 unspecified atom stereocenters. The predicted octanol–water partition coefficient (Wildman–Crippen LogP) is 1.29. The molecule has 2 N–H and O–H groups in total. The predicted molar refractivity (Wildman–Crippen MR) is 70.3 cm³/mol. The zero-order valence-electron chi connectivity index (χ0n) is 10.5. The van der Waals surface area contributed by atoms with Gasteiger partial charge in [-0.2, -0.15) is 0 Å². The molecule has 1 aromatic carbocycles. The molecule has 0 spiro atoms. The lowest BCUT2D eigenvalue weighted by Crippen LogP contribution is -2.48. The van der Waals surface area contributed by atoms with Crippen LogP contribution in [0.1, 0.15) is 17.9 Å². The summed E-state index contributed by atoms with van der Waals surface area (Å²) in [7, 11) is -0.522. The third-order valence-corrected chi connectivity index (χ3v) is 3.72. The molecule has 1 heterocycles. The minimum absolute atomic E-state index is 0.0490. The highest BCUT2D eigenvalue weighted by molar-refractivity contribution is 6.45. The first-order valence-corrected chi connectivity index (χ1v) is 6.29. The van der Waals surface area contributed by atoms with Gasteiger partial charge in [-0.3, -0.25) is 4.79 Å². The van der Waals surface area contributed by atoms with Gasteiger partial charge in [-0.1, -0.05) is 30.3 Å². The molecule has 0 amide bonds. The zero-order chi connectivity index (χ0) is 13.1. The van der Waals surface area contributed by atoms with Crippen LogP contribution in [-0.2, 0) is 4.79 Å². The molecular weight excluding hydrogens is 229 g/mol. The van der Waals surface area contributed by atoms with Crippen molar-refractivity contribution in [2.24, 2.45) is 5.92 Å². The molecule has 2 rings (SSSR count). The van der Waals surface area contributed by atoms with E-state index in [2.05, 4.69) is 0 Å². The smallest absolute Gasteiger partial charge is 0.376 e. The number of hydrogen-bond donors (Lipinski definition) is 2. The molecule has 0 saturated carbocycles. The van der Waals surface area contributed by atoms with Crippen molar-refractivity contribution in [1.29, 1.82) is 0 Å². The van der Waals surface area contributed by atoms with Crippen molar-refractivity contribution in [2.75, 3.05) is 13.1 Å². The molecule has 0 aliphatic carbocycles. The van der Waals surface area contributed by atoms with Gasteiger partial charge in [-0.25, -0.2) is 0 Å². The van der Waals surface area contributed by atoms with Crippen LogP contribution in [0.15, 0.2) is 30.3 Å². The molecule has 1 aromatic rings. The van der Waals surface area contributed by atoms with Crippen molar-refractivity contribution < 1.29 is 14.9 Å². The van der Waals surface area contributed by atoms with E-state index in [1.165, 1.54) is 0 Å². The Kier molecular flexibility index (Phi) is 4.04. The molecule has 18 heavy (non-hydrogen) atoms.